The second-order valence-electron chi connectivity index (χ2n) is 2.76. The lowest BCUT2D eigenvalue weighted by Crippen LogP contribution is -2.09. The van der Waals surface area contributed by atoms with Gasteiger partial charge >= 0.3 is 0 Å². The van der Waals surface area contributed by atoms with Crippen LogP contribution in [0.5, 0.6) is 0 Å². The smallest absolute Gasteiger partial charge is 0.0700 e. The standard InChI is InChI=1S/C9H21N2O2/c1-11-5-3-7-13-9-8-12-6-2-4-10/h2-10H2,1H3/q-1. The summed E-state index contributed by atoms with van der Waals surface area (Å²) < 4.78 is 10.6. The Balaban J connectivity index is 2.76. The molecule has 0 aromatic heterocycles. The average molecular weight is 189 g/mol. The van der Waals surface area contributed by atoms with Crippen LogP contribution in [0.3, 0.4) is 0 Å². The molecule has 0 spiro atoms. The highest BCUT2D eigenvalue weighted by Crippen LogP contribution is 1.87. The van der Waals surface area contributed by atoms with E-state index in [1.807, 2.05) is 7.05 Å². The van der Waals surface area contributed by atoms with Crippen LogP contribution < -0.4 is 5.73 Å². The minimum Gasteiger partial charge on any atom is -0.665 e. The molecule has 4 heteroatoms. The van der Waals surface area contributed by atoms with Crippen LogP contribution >= 0.6 is 0 Å². The molecule has 0 aliphatic rings. The maximum atomic E-state index is 5.30. The second kappa shape index (κ2) is 11.8. The van der Waals surface area contributed by atoms with Crippen LogP contribution in [0.25, 0.3) is 5.32 Å². The van der Waals surface area contributed by atoms with Crippen LogP contribution in [0.2, 0.25) is 0 Å². The van der Waals surface area contributed by atoms with Gasteiger partial charge in [0, 0.05) is 13.2 Å². The van der Waals surface area contributed by atoms with Crippen molar-refractivity contribution in [2.24, 2.45) is 5.73 Å². The minimum atomic E-state index is 0.670. The van der Waals surface area contributed by atoms with Crippen molar-refractivity contribution in [3.8, 4) is 0 Å². The number of ether oxygens (including phenoxy) is 2. The van der Waals surface area contributed by atoms with E-state index >= 15 is 0 Å². The van der Waals surface area contributed by atoms with Gasteiger partial charge in [-0.1, -0.05) is 0 Å². The van der Waals surface area contributed by atoms with Gasteiger partial charge in [0.1, 0.15) is 0 Å². The third-order valence-electron chi connectivity index (χ3n) is 1.54. The van der Waals surface area contributed by atoms with Gasteiger partial charge in [0.05, 0.1) is 13.2 Å². The summed E-state index contributed by atoms with van der Waals surface area (Å²) >= 11 is 0. The van der Waals surface area contributed by atoms with Crippen molar-refractivity contribution in [1.29, 1.82) is 0 Å². The third kappa shape index (κ3) is 11.8. The summed E-state index contributed by atoms with van der Waals surface area (Å²) in [6, 6.07) is 0. The van der Waals surface area contributed by atoms with Crippen LogP contribution in [-0.4, -0.2) is 46.6 Å². The fourth-order valence-corrected chi connectivity index (χ4v) is 0.832. The molecule has 0 radical (unpaired) electrons. The fourth-order valence-electron chi connectivity index (χ4n) is 0.832. The van der Waals surface area contributed by atoms with Crippen LogP contribution in [0.1, 0.15) is 12.8 Å². The van der Waals surface area contributed by atoms with Crippen molar-refractivity contribution in [3.63, 3.8) is 0 Å². The molecule has 0 heterocycles. The Kier molecular flexibility index (Phi) is 11.7. The van der Waals surface area contributed by atoms with E-state index in [0.29, 0.717) is 19.8 Å². The van der Waals surface area contributed by atoms with E-state index in [1.165, 1.54) is 0 Å². The minimum absolute atomic E-state index is 0.670. The number of nitrogens with two attached hydrogens (primary N) is 1. The van der Waals surface area contributed by atoms with Gasteiger partial charge in [-0.25, -0.2) is 0 Å². The van der Waals surface area contributed by atoms with Crippen LogP contribution in [0.15, 0.2) is 0 Å². The van der Waals surface area contributed by atoms with Crippen molar-refractivity contribution in [3.05, 3.63) is 5.32 Å². The van der Waals surface area contributed by atoms with Gasteiger partial charge in [-0.15, -0.1) is 6.54 Å². The molecule has 0 aromatic carbocycles. The first-order valence-electron chi connectivity index (χ1n) is 4.83. The van der Waals surface area contributed by atoms with Crippen LogP contribution in [0, 0.1) is 0 Å². The number of hydrogen-bond donors (Lipinski definition) is 1. The lowest BCUT2D eigenvalue weighted by atomic mass is 10.4. The monoisotopic (exact) mass is 189 g/mol. The second-order valence-corrected chi connectivity index (χ2v) is 2.76. The van der Waals surface area contributed by atoms with Gasteiger partial charge in [-0.2, -0.15) is 7.05 Å². The van der Waals surface area contributed by atoms with Gasteiger partial charge in [0.25, 0.3) is 0 Å². The number of hydrogen-bond acceptors (Lipinski definition) is 3. The molecular weight excluding hydrogens is 168 g/mol. The lowest BCUT2D eigenvalue weighted by Gasteiger charge is -2.10. The zero-order valence-electron chi connectivity index (χ0n) is 8.50. The summed E-state index contributed by atoms with van der Waals surface area (Å²) in [5, 5.41) is 3.97. The zero-order valence-corrected chi connectivity index (χ0v) is 8.50. The normalized spacial score (nSPS) is 10.6. The maximum Gasteiger partial charge on any atom is 0.0700 e. The van der Waals surface area contributed by atoms with Crippen molar-refractivity contribution in [2.75, 3.05) is 46.6 Å². The molecule has 2 N–H and O–H groups in total. The van der Waals surface area contributed by atoms with E-state index in [9.17, 15) is 0 Å². The van der Waals surface area contributed by atoms with E-state index in [1.54, 1.807) is 0 Å². The van der Waals surface area contributed by atoms with E-state index in [-0.39, 0.29) is 0 Å². The Labute approximate surface area is 80.8 Å². The predicted molar refractivity (Wildman–Crippen MR) is 54.1 cm³/mol. The predicted octanol–water partition coefficient (Wildman–Crippen LogP) is 0.762. The van der Waals surface area contributed by atoms with Crippen LogP contribution in [-0.2, 0) is 9.47 Å². The molecule has 0 rings (SSSR count). The van der Waals surface area contributed by atoms with Crippen molar-refractivity contribution >= 4 is 0 Å². The molecular formula is C9H21N2O2-. The molecule has 0 saturated heterocycles. The largest absolute Gasteiger partial charge is 0.665 e. The molecule has 0 unspecified atom stereocenters. The van der Waals surface area contributed by atoms with E-state index in [0.717, 1.165) is 32.6 Å². The maximum absolute atomic E-state index is 5.30. The van der Waals surface area contributed by atoms with Gasteiger partial charge in [0.15, 0.2) is 0 Å². The average Bonchev–Trinajstić information content (AvgIpc) is 2.16. The van der Waals surface area contributed by atoms with Crippen LogP contribution in [0.4, 0.5) is 0 Å². The van der Waals surface area contributed by atoms with Crippen molar-refractivity contribution in [2.45, 2.75) is 12.8 Å². The third-order valence-corrected chi connectivity index (χ3v) is 1.54. The Morgan fingerprint density at radius 2 is 1.62 bits per heavy atom. The zero-order chi connectivity index (χ0) is 9.78. The first-order chi connectivity index (χ1) is 6.41. The molecule has 13 heavy (non-hydrogen) atoms. The molecule has 0 amide bonds. The quantitative estimate of drug-likeness (QED) is 0.516. The van der Waals surface area contributed by atoms with Gasteiger partial charge in [-0.05, 0) is 19.4 Å². The summed E-state index contributed by atoms with van der Waals surface area (Å²) in [4.78, 5) is 0. The molecule has 0 saturated carbocycles. The summed E-state index contributed by atoms with van der Waals surface area (Å²) in [6.45, 7) is 4.44. The van der Waals surface area contributed by atoms with E-state index < -0.39 is 0 Å². The first-order valence-corrected chi connectivity index (χ1v) is 4.83. The highest BCUT2D eigenvalue weighted by Gasteiger charge is 1.88. The molecule has 80 valence electrons. The molecule has 4 nitrogen and oxygen atoms in total. The molecule has 0 fully saturated rings. The lowest BCUT2D eigenvalue weighted by molar-refractivity contribution is 0.0475. The van der Waals surface area contributed by atoms with E-state index in [4.69, 9.17) is 15.2 Å². The SMILES string of the molecule is C[N-]CCCOCCOCCCN. The Morgan fingerprint density at radius 1 is 1.00 bits per heavy atom. The van der Waals surface area contributed by atoms with Gasteiger partial charge in [0.2, 0.25) is 0 Å². The van der Waals surface area contributed by atoms with Crippen molar-refractivity contribution < 1.29 is 9.47 Å². The molecule has 0 aromatic rings. The fraction of sp³-hybridized carbons (Fsp3) is 1.00. The van der Waals surface area contributed by atoms with Gasteiger partial charge in [-0.3, -0.25) is 0 Å². The Hall–Kier alpha value is -0.160. The summed E-state index contributed by atoms with van der Waals surface area (Å²) in [7, 11) is 1.82. The highest BCUT2D eigenvalue weighted by molar-refractivity contribution is 4.67. The summed E-state index contributed by atoms with van der Waals surface area (Å²) in [5.41, 5.74) is 5.30. The van der Waals surface area contributed by atoms with Gasteiger partial charge < -0.3 is 20.5 Å². The first kappa shape index (κ1) is 12.8. The van der Waals surface area contributed by atoms with E-state index in [2.05, 4.69) is 5.32 Å². The van der Waals surface area contributed by atoms with Crippen molar-refractivity contribution in [1.82, 2.24) is 0 Å². The number of nitrogens with zero attached hydrogens (tertiary/aromatic N) is 1. The molecule has 0 atom stereocenters. The number of rotatable bonds is 10. The molecule has 0 aliphatic heterocycles. The summed E-state index contributed by atoms with van der Waals surface area (Å²) in [5.74, 6) is 0. The summed E-state index contributed by atoms with van der Waals surface area (Å²) in [6.07, 6.45) is 1.92. The Morgan fingerprint density at radius 3 is 2.15 bits per heavy atom. The Bertz CT molecular complexity index is 81.7. The topological polar surface area (TPSA) is 58.6 Å². The molecule has 0 aliphatic carbocycles. The molecule has 0 bridgehead atoms. The highest BCUT2D eigenvalue weighted by atomic mass is 16.5.